The molecule has 0 aliphatic rings. The molecule has 12 heteroatoms. The van der Waals surface area contributed by atoms with E-state index in [-0.39, 0.29) is 24.0 Å². The largest absolute Gasteiger partial charge is 0.431 e. The van der Waals surface area contributed by atoms with Crippen LogP contribution in [0.1, 0.15) is 29.9 Å². The van der Waals surface area contributed by atoms with Crippen LogP contribution in [0, 0.1) is 0 Å². The molecule has 0 aliphatic heterocycles. The molecule has 0 radical (unpaired) electrons. The average molecular weight is 455 g/mol. The molecule has 0 spiro atoms. The summed E-state index contributed by atoms with van der Waals surface area (Å²) in [6.45, 7) is 2.81. The van der Waals surface area contributed by atoms with Gasteiger partial charge in [-0.25, -0.2) is 13.1 Å². The number of rotatable bonds is 10. The van der Waals surface area contributed by atoms with Crippen LogP contribution in [0.5, 0.6) is 0 Å². The lowest BCUT2D eigenvalue weighted by molar-refractivity contribution is -0.121. The Balaban J connectivity index is 2.19. The Hall–Kier alpha value is -2.96. The molecule has 0 unspecified atom stereocenters. The van der Waals surface area contributed by atoms with Gasteiger partial charge in [-0.3, -0.25) is 9.59 Å². The summed E-state index contributed by atoms with van der Waals surface area (Å²) in [5.41, 5.74) is 0.562. The maximum absolute atomic E-state index is 12.6. The summed E-state index contributed by atoms with van der Waals surface area (Å²) >= 11 is 0. The molecular formula is C19H26N4O7S. The molecule has 0 saturated heterocycles. The molecule has 11 nitrogen and oxygen atoms in total. The molecule has 5 N–H and O–H groups in total. The summed E-state index contributed by atoms with van der Waals surface area (Å²) in [7, 11) is -3.64. The molecule has 31 heavy (non-hydrogen) atoms. The number of anilines is 1. The van der Waals surface area contributed by atoms with E-state index in [0.717, 1.165) is 18.1 Å². The number of aromatic nitrogens is 1. The Bertz CT molecular complexity index is 994. The predicted molar refractivity (Wildman–Crippen MR) is 112 cm³/mol. The second kappa shape index (κ2) is 10.4. The minimum absolute atomic E-state index is 0.171. The highest BCUT2D eigenvalue weighted by atomic mass is 32.2. The number of benzene rings is 1. The fraction of sp³-hybridized carbons (Fsp3) is 0.421. The first kappa shape index (κ1) is 24.3. The van der Waals surface area contributed by atoms with Gasteiger partial charge in [0, 0.05) is 6.92 Å². The van der Waals surface area contributed by atoms with Gasteiger partial charge in [0.1, 0.15) is 18.5 Å². The number of carbonyl (C=O) groups excluding carboxylic acids is 2. The molecule has 4 atom stereocenters. The molecule has 170 valence electrons. The van der Waals surface area contributed by atoms with E-state index in [9.17, 15) is 28.2 Å². The second-order valence-corrected chi connectivity index (χ2v) is 8.90. The molecule has 2 aromatic rings. The number of hydrogen-bond acceptors (Lipinski definition) is 8. The van der Waals surface area contributed by atoms with Crippen LogP contribution in [0.3, 0.4) is 0 Å². The fourth-order valence-corrected chi connectivity index (χ4v) is 3.30. The number of nitrogens with one attached hydrogen (secondary N) is 3. The first-order valence-corrected chi connectivity index (χ1v) is 11.3. The van der Waals surface area contributed by atoms with Crippen LogP contribution < -0.4 is 15.4 Å². The van der Waals surface area contributed by atoms with Crippen LogP contribution in [0.25, 0.3) is 0 Å². The lowest BCUT2D eigenvalue weighted by atomic mass is 9.94. The summed E-state index contributed by atoms with van der Waals surface area (Å²) in [6, 6.07) is 6.86. The SMILES string of the molecule is CC(=O)N[C@@H](C)[C@@H](O)[C@H](O)[C@@H](Cc1ccccc1)NC(=O)c1coc(NS(C)(=O)=O)n1. The molecular weight excluding hydrogens is 428 g/mol. The third kappa shape index (κ3) is 7.66. The number of hydrogen-bond donors (Lipinski definition) is 5. The van der Waals surface area contributed by atoms with Gasteiger partial charge in [-0.05, 0) is 18.9 Å². The Morgan fingerprint density at radius 3 is 2.35 bits per heavy atom. The van der Waals surface area contributed by atoms with Crippen LogP contribution in [0.2, 0.25) is 0 Å². The quantitative estimate of drug-likeness (QED) is 0.324. The Morgan fingerprint density at radius 2 is 1.77 bits per heavy atom. The zero-order valence-corrected chi connectivity index (χ0v) is 18.1. The van der Waals surface area contributed by atoms with Gasteiger partial charge in [-0.2, -0.15) is 4.98 Å². The fourth-order valence-electron chi connectivity index (χ4n) is 2.89. The molecule has 0 saturated carbocycles. The van der Waals surface area contributed by atoms with Gasteiger partial charge in [-0.15, -0.1) is 0 Å². The number of aliphatic hydroxyl groups is 2. The number of carbonyl (C=O) groups is 2. The van der Waals surface area contributed by atoms with Crippen molar-refractivity contribution in [3.8, 4) is 0 Å². The van der Waals surface area contributed by atoms with E-state index in [4.69, 9.17) is 4.42 Å². The monoisotopic (exact) mass is 454 g/mol. The number of sulfonamides is 1. The maximum atomic E-state index is 12.6. The van der Waals surface area contributed by atoms with Crippen LogP contribution in [-0.4, -0.2) is 66.0 Å². The van der Waals surface area contributed by atoms with Crippen LogP contribution >= 0.6 is 0 Å². The van der Waals surface area contributed by atoms with E-state index >= 15 is 0 Å². The molecule has 0 aliphatic carbocycles. The van der Waals surface area contributed by atoms with Gasteiger partial charge < -0.3 is 25.3 Å². The first-order chi connectivity index (χ1) is 14.5. The van der Waals surface area contributed by atoms with Gasteiger partial charge in [-0.1, -0.05) is 30.3 Å². The highest BCUT2D eigenvalue weighted by molar-refractivity contribution is 7.91. The summed E-state index contributed by atoms with van der Waals surface area (Å²) in [4.78, 5) is 27.7. The summed E-state index contributed by atoms with van der Waals surface area (Å²) in [5, 5.41) is 26.3. The number of nitrogens with zero attached hydrogens (tertiary/aromatic N) is 1. The molecule has 1 aromatic carbocycles. The van der Waals surface area contributed by atoms with Crippen molar-refractivity contribution in [2.75, 3.05) is 11.0 Å². The lowest BCUT2D eigenvalue weighted by Crippen LogP contribution is -2.55. The highest BCUT2D eigenvalue weighted by Gasteiger charge is 2.32. The van der Waals surface area contributed by atoms with Crippen molar-refractivity contribution in [2.24, 2.45) is 0 Å². The predicted octanol–water partition coefficient (Wildman–Crippen LogP) is -0.366. The lowest BCUT2D eigenvalue weighted by Gasteiger charge is -2.31. The van der Waals surface area contributed by atoms with E-state index in [0.29, 0.717) is 0 Å². The van der Waals surface area contributed by atoms with Gasteiger partial charge in [0.2, 0.25) is 15.9 Å². The first-order valence-electron chi connectivity index (χ1n) is 9.37. The van der Waals surface area contributed by atoms with Crippen LogP contribution in [-0.2, 0) is 21.2 Å². The molecule has 2 rings (SSSR count). The molecule has 1 heterocycles. The molecule has 0 bridgehead atoms. The van der Waals surface area contributed by atoms with Crippen molar-refractivity contribution in [3.63, 3.8) is 0 Å². The zero-order valence-electron chi connectivity index (χ0n) is 17.3. The Kier molecular flexibility index (Phi) is 8.14. The van der Waals surface area contributed by atoms with E-state index in [2.05, 4.69) is 15.6 Å². The standard InChI is InChI=1S/C19H26N4O7S/c1-11(20-12(2)24)16(25)17(26)14(9-13-7-5-4-6-8-13)21-18(27)15-10-30-19(22-15)23-31(3,28)29/h4-8,10-11,14,16-17,25-26H,9H2,1-3H3,(H,20,24)(H,21,27)(H,22,23)/t11-,14+,16+,17+/m0/s1. The normalized spacial score (nSPS) is 15.4. The van der Waals surface area contributed by atoms with Crippen molar-refractivity contribution in [3.05, 3.63) is 47.9 Å². The Labute approximate surface area is 179 Å². The Morgan fingerprint density at radius 1 is 1.13 bits per heavy atom. The topological polar surface area (TPSA) is 171 Å². The van der Waals surface area contributed by atoms with E-state index in [1.165, 1.54) is 13.8 Å². The van der Waals surface area contributed by atoms with Gasteiger partial charge in [0.05, 0.1) is 18.3 Å². The summed E-state index contributed by atoms with van der Waals surface area (Å²) < 4.78 is 29.5. The van der Waals surface area contributed by atoms with Crippen molar-refractivity contribution in [2.45, 2.75) is 44.6 Å². The van der Waals surface area contributed by atoms with Crippen molar-refractivity contribution in [1.82, 2.24) is 15.6 Å². The third-order valence-corrected chi connectivity index (χ3v) is 4.88. The van der Waals surface area contributed by atoms with Crippen molar-refractivity contribution < 1.29 is 32.6 Å². The molecule has 1 aromatic heterocycles. The minimum Gasteiger partial charge on any atom is -0.431 e. The summed E-state index contributed by atoms with van der Waals surface area (Å²) in [5.74, 6) is -1.12. The van der Waals surface area contributed by atoms with E-state index in [1.54, 1.807) is 24.3 Å². The van der Waals surface area contributed by atoms with E-state index in [1.807, 2.05) is 10.8 Å². The molecule has 2 amide bonds. The average Bonchev–Trinajstić information content (AvgIpc) is 3.13. The van der Waals surface area contributed by atoms with E-state index < -0.39 is 40.2 Å². The maximum Gasteiger partial charge on any atom is 0.309 e. The van der Waals surface area contributed by atoms with Crippen LogP contribution in [0.4, 0.5) is 6.01 Å². The minimum atomic E-state index is -3.64. The van der Waals surface area contributed by atoms with Crippen molar-refractivity contribution >= 4 is 27.9 Å². The highest BCUT2D eigenvalue weighted by Crippen LogP contribution is 2.14. The smallest absolute Gasteiger partial charge is 0.309 e. The summed E-state index contributed by atoms with van der Waals surface area (Å²) in [6.07, 6.45) is -0.778. The van der Waals surface area contributed by atoms with Crippen molar-refractivity contribution in [1.29, 1.82) is 0 Å². The number of aliphatic hydroxyl groups excluding tert-OH is 2. The molecule has 0 fully saturated rings. The number of amides is 2. The second-order valence-electron chi connectivity index (χ2n) is 7.15. The van der Waals surface area contributed by atoms with Gasteiger partial charge in [0.25, 0.3) is 5.91 Å². The third-order valence-electron chi connectivity index (χ3n) is 4.33. The van der Waals surface area contributed by atoms with Crippen LogP contribution in [0.15, 0.2) is 41.0 Å². The zero-order chi connectivity index (χ0) is 23.2. The van der Waals surface area contributed by atoms with Gasteiger partial charge in [0.15, 0.2) is 5.69 Å². The number of oxazole rings is 1. The van der Waals surface area contributed by atoms with Gasteiger partial charge >= 0.3 is 6.01 Å².